The Bertz CT molecular complexity index is 779. The zero-order valence-electron chi connectivity index (χ0n) is 13.1. The molecule has 0 aromatic heterocycles. The number of anilines is 2. The van der Waals surface area contributed by atoms with E-state index in [2.05, 4.69) is 16.3 Å². The van der Waals surface area contributed by atoms with Crippen LogP contribution in [0.1, 0.15) is 5.56 Å². The van der Waals surface area contributed by atoms with Crippen LogP contribution < -0.4 is 10.2 Å². The molecule has 0 radical (unpaired) electrons. The van der Waals surface area contributed by atoms with Gasteiger partial charge in [0.15, 0.2) is 0 Å². The number of piperazine rings is 1. The summed E-state index contributed by atoms with van der Waals surface area (Å²) in [7, 11) is 0. The molecule has 3 rings (SSSR count). The number of benzene rings is 2. The van der Waals surface area contributed by atoms with Gasteiger partial charge < -0.3 is 15.1 Å². The molecule has 0 spiro atoms. The second-order valence-corrected chi connectivity index (χ2v) is 5.92. The van der Waals surface area contributed by atoms with E-state index >= 15 is 0 Å². The summed E-state index contributed by atoms with van der Waals surface area (Å²) >= 11 is 6.07. The molecule has 1 aliphatic rings. The number of carbonyl (C=O) groups is 1. The van der Waals surface area contributed by atoms with Gasteiger partial charge in [0, 0.05) is 26.2 Å². The summed E-state index contributed by atoms with van der Waals surface area (Å²) in [6.45, 7) is 2.56. The predicted molar refractivity (Wildman–Crippen MR) is 95.4 cm³/mol. The Balaban J connectivity index is 1.62. The second-order valence-electron chi connectivity index (χ2n) is 5.51. The van der Waals surface area contributed by atoms with Crippen LogP contribution in [0.3, 0.4) is 0 Å². The van der Waals surface area contributed by atoms with E-state index in [1.165, 1.54) is 0 Å². The number of carbonyl (C=O) groups excluding carboxylic acids is 1. The summed E-state index contributed by atoms with van der Waals surface area (Å²) in [6.07, 6.45) is 0. The van der Waals surface area contributed by atoms with Crippen LogP contribution in [0.15, 0.2) is 48.5 Å². The second kappa shape index (κ2) is 7.24. The van der Waals surface area contributed by atoms with Gasteiger partial charge in [0.25, 0.3) is 0 Å². The van der Waals surface area contributed by atoms with Crippen molar-refractivity contribution in [1.82, 2.24) is 4.90 Å². The van der Waals surface area contributed by atoms with Gasteiger partial charge in [-0.05, 0) is 24.3 Å². The number of rotatable bonds is 2. The lowest BCUT2D eigenvalue weighted by atomic mass is 10.1. The van der Waals surface area contributed by atoms with Crippen molar-refractivity contribution in [3.63, 3.8) is 0 Å². The first-order chi connectivity index (χ1) is 11.7. The Morgan fingerprint density at radius 3 is 2.42 bits per heavy atom. The van der Waals surface area contributed by atoms with Gasteiger partial charge in [-0.1, -0.05) is 35.9 Å². The van der Waals surface area contributed by atoms with E-state index in [-0.39, 0.29) is 6.03 Å². The molecule has 2 aromatic rings. The summed E-state index contributed by atoms with van der Waals surface area (Å²) < 4.78 is 0. The van der Waals surface area contributed by atoms with Gasteiger partial charge >= 0.3 is 6.03 Å². The summed E-state index contributed by atoms with van der Waals surface area (Å²) in [4.78, 5) is 16.3. The van der Waals surface area contributed by atoms with Gasteiger partial charge in [-0.15, -0.1) is 0 Å². The number of nitrogens with one attached hydrogen (secondary N) is 1. The molecule has 1 aliphatic heterocycles. The molecule has 2 aromatic carbocycles. The van der Waals surface area contributed by atoms with Gasteiger partial charge in [-0.2, -0.15) is 5.26 Å². The maximum absolute atomic E-state index is 12.4. The van der Waals surface area contributed by atoms with Crippen LogP contribution in [0.25, 0.3) is 0 Å². The van der Waals surface area contributed by atoms with Gasteiger partial charge in [0.05, 0.1) is 22.0 Å². The highest BCUT2D eigenvalue weighted by atomic mass is 35.5. The van der Waals surface area contributed by atoms with Crippen LogP contribution in [0, 0.1) is 11.3 Å². The van der Waals surface area contributed by atoms with Crippen LogP contribution in [0.5, 0.6) is 0 Å². The fraction of sp³-hybridized carbons (Fsp3) is 0.222. The molecule has 1 heterocycles. The van der Waals surface area contributed by atoms with E-state index in [9.17, 15) is 10.1 Å². The number of para-hydroxylation sites is 2. The summed E-state index contributed by atoms with van der Waals surface area (Å²) in [5.74, 6) is 0. The van der Waals surface area contributed by atoms with Crippen molar-refractivity contribution in [1.29, 1.82) is 5.26 Å². The lowest BCUT2D eigenvalue weighted by Crippen LogP contribution is -2.50. The lowest BCUT2D eigenvalue weighted by molar-refractivity contribution is 0.208. The van der Waals surface area contributed by atoms with Crippen molar-refractivity contribution >= 4 is 29.0 Å². The minimum Gasteiger partial charge on any atom is -0.367 e. The van der Waals surface area contributed by atoms with E-state index < -0.39 is 0 Å². The average molecular weight is 341 g/mol. The molecule has 0 unspecified atom stereocenters. The number of hydrogen-bond donors (Lipinski definition) is 1. The van der Waals surface area contributed by atoms with Gasteiger partial charge in [-0.25, -0.2) is 4.79 Å². The quantitative estimate of drug-likeness (QED) is 0.909. The molecule has 0 bridgehead atoms. The number of hydrogen-bond acceptors (Lipinski definition) is 3. The van der Waals surface area contributed by atoms with Gasteiger partial charge in [0.1, 0.15) is 6.07 Å². The first-order valence-corrected chi connectivity index (χ1v) is 8.11. The highest BCUT2D eigenvalue weighted by Gasteiger charge is 2.22. The SMILES string of the molecule is N#Cc1ccccc1N1CCN(C(=O)Nc2ccccc2Cl)CC1. The number of halogens is 1. The summed E-state index contributed by atoms with van der Waals surface area (Å²) in [6, 6.07) is 16.8. The molecular formula is C18H17ClN4O. The fourth-order valence-electron chi connectivity index (χ4n) is 2.75. The number of urea groups is 1. The van der Waals surface area contributed by atoms with E-state index in [0.29, 0.717) is 42.5 Å². The van der Waals surface area contributed by atoms with Crippen molar-refractivity contribution in [2.45, 2.75) is 0 Å². The third-order valence-corrected chi connectivity index (χ3v) is 4.38. The summed E-state index contributed by atoms with van der Waals surface area (Å²) in [5.41, 5.74) is 2.19. The Kier molecular flexibility index (Phi) is 4.88. The van der Waals surface area contributed by atoms with E-state index in [1.54, 1.807) is 17.0 Å². The Morgan fingerprint density at radius 2 is 1.71 bits per heavy atom. The monoisotopic (exact) mass is 340 g/mol. The smallest absolute Gasteiger partial charge is 0.322 e. The van der Waals surface area contributed by atoms with Gasteiger partial charge in [-0.3, -0.25) is 0 Å². The van der Waals surface area contributed by atoms with Crippen molar-refractivity contribution in [2.24, 2.45) is 0 Å². The van der Waals surface area contributed by atoms with E-state index in [4.69, 9.17) is 11.6 Å². The first kappa shape index (κ1) is 16.2. The van der Waals surface area contributed by atoms with E-state index in [1.807, 2.05) is 36.4 Å². The van der Waals surface area contributed by atoms with Crippen molar-refractivity contribution in [2.75, 3.05) is 36.4 Å². The maximum atomic E-state index is 12.4. The number of nitrogens with zero attached hydrogens (tertiary/aromatic N) is 3. The molecule has 122 valence electrons. The highest BCUT2D eigenvalue weighted by molar-refractivity contribution is 6.33. The topological polar surface area (TPSA) is 59.4 Å². The largest absolute Gasteiger partial charge is 0.367 e. The molecular weight excluding hydrogens is 324 g/mol. The minimum absolute atomic E-state index is 0.156. The van der Waals surface area contributed by atoms with Gasteiger partial charge in [0.2, 0.25) is 0 Å². The molecule has 2 amide bonds. The Hall–Kier alpha value is -2.71. The normalized spacial score (nSPS) is 14.2. The number of nitriles is 1. The highest BCUT2D eigenvalue weighted by Crippen LogP contribution is 2.23. The molecule has 5 nitrogen and oxygen atoms in total. The van der Waals surface area contributed by atoms with Crippen LogP contribution in [-0.4, -0.2) is 37.1 Å². The Morgan fingerprint density at radius 1 is 1.04 bits per heavy atom. The first-order valence-electron chi connectivity index (χ1n) is 7.73. The van der Waals surface area contributed by atoms with E-state index in [0.717, 1.165) is 5.69 Å². The molecule has 24 heavy (non-hydrogen) atoms. The molecule has 6 heteroatoms. The summed E-state index contributed by atoms with van der Waals surface area (Å²) in [5, 5.41) is 12.6. The van der Waals surface area contributed by atoms with Crippen LogP contribution in [-0.2, 0) is 0 Å². The lowest BCUT2D eigenvalue weighted by Gasteiger charge is -2.36. The standard InChI is InChI=1S/C18H17ClN4O/c19-15-6-2-3-7-16(15)21-18(24)23-11-9-22(10-12-23)17-8-4-1-5-14(17)13-20/h1-8H,9-12H2,(H,21,24). The molecule has 1 N–H and O–H groups in total. The molecule has 0 aliphatic carbocycles. The predicted octanol–water partition coefficient (Wildman–Crippen LogP) is 3.57. The minimum atomic E-state index is -0.156. The third-order valence-electron chi connectivity index (χ3n) is 4.05. The van der Waals surface area contributed by atoms with Crippen LogP contribution in [0.2, 0.25) is 5.02 Å². The van der Waals surface area contributed by atoms with Crippen molar-refractivity contribution in [3.05, 3.63) is 59.1 Å². The molecule has 0 atom stereocenters. The zero-order chi connectivity index (χ0) is 16.9. The molecule has 1 saturated heterocycles. The Labute approximate surface area is 146 Å². The van der Waals surface area contributed by atoms with Crippen molar-refractivity contribution < 1.29 is 4.79 Å². The zero-order valence-corrected chi connectivity index (χ0v) is 13.8. The average Bonchev–Trinajstić information content (AvgIpc) is 2.63. The van der Waals surface area contributed by atoms with Crippen molar-refractivity contribution in [3.8, 4) is 6.07 Å². The molecule has 1 fully saturated rings. The van der Waals surface area contributed by atoms with Crippen LogP contribution in [0.4, 0.5) is 16.2 Å². The third kappa shape index (κ3) is 3.44. The number of amides is 2. The fourth-order valence-corrected chi connectivity index (χ4v) is 2.93. The maximum Gasteiger partial charge on any atom is 0.322 e. The molecule has 0 saturated carbocycles. The van der Waals surface area contributed by atoms with Crippen LogP contribution >= 0.6 is 11.6 Å².